The zero-order valence-corrected chi connectivity index (χ0v) is 19.6. The first-order chi connectivity index (χ1) is 14.4. The second-order valence-electron chi connectivity index (χ2n) is 9.40. The number of sulfonamides is 1. The van der Waals surface area contributed by atoms with Crippen molar-refractivity contribution in [2.45, 2.75) is 82.4 Å². The summed E-state index contributed by atoms with van der Waals surface area (Å²) in [6, 6.07) is 3.93. The monoisotopic (exact) mass is 451 g/mol. The fraction of sp³-hybridized carbons (Fsp3) is 0.636. The number of ether oxygens (including phenoxy) is 1. The van der Waals surface area contributed by atoms with Crippen molar-refractivity contribution in [2.75, 3.05) is 13.1 Å². The first kappa shape index (κ1) is 23.5. The molecule has 0 bridgehead atoms. The Labute approximate surface area is 184 Å². The number of aryl methyl sites for hydroxylation is 1. The van der Waals surface area contributed by atoms with Crippen molar-refractivity contribution in [2.24, 2.45) is 5.73 Å². The van der Waals surface area contributed by atoms with Crippen LogP contribution in [0.1, 0.15) is 68.8 Å². The van der Waals surface area contributed by atoms with Gasteiger partial charge >= 0.3 is 6.09 Å². The molecule has 0 radical (unpaired) electrons. The number of amides is 2. The number of primary amides is 1. The van der Waals surface area contributed by atoms with Crippen molar-refractivity contribution in [3.05, 3.63) is 29.3 Å². The molecule has 2 fully saturated rings. The Morgan fingerprint density at radius 1 is 1.06 bits per heavy atom. The van der Waals surface area contributed by atoms with Crippen molar-refractivity contribution in [3.63, 3.8) is 0 Å². The highest BCUT2D eigenvalue weighted by Crippen LogP contribution is 2.34. The number of hydrogen-bond acceptors (Lipinski definition) is 5. The van der Waals surface area contributed by atoms with Crippen LogP contribution in [0.2, 0.25) is 0 Å². The van der Waals surface area contributed by atoms with Crippen molar-refractivity contribution < 1.29 is 22.7 Å². The second-order valence-corrected chi connectivity index (χ2v) is 11.3. The third-order valence-electron chi connectivity index (χ3n) is 5.95. The van der Waals surface area contributed by atoms with Gasteiger partial charge in [-0.05, 0) is 71.1 Å². The van der Waals surface area contributed by atoms with E-state index >= 15 is 0 Å². The van der Waals surface area contributed by atoms with Gasteiger partial charge < -0.3 is 15.4 Å². The second kappa shape index (κ2) is 8.78. The molecule has 2 aliphatic rings. The van der Waals surface area contributed by atoms with Crippen LogP contribution in [0.25, 0.3) is 0 Å². The van der Waals surface area contributed by atoms with E-state index in [0.29, 0.717) is 25.1 Å². The van der Waals surface area contributed by atoms with E-state index in [-0.39, 0.29) is 22.5 Å². The molecule has 2 heterocycles. The summed E-state index contributed by atoms with van der Waals surface area (Å²) in [5.41, 5.74) is 5.65. The summed E-state index contributed by atoms with van der Waals surface area (Å²) < 4.78 is 34.3. The maximum absolute atomic E-state index is 13.6. The summed E-state index contributed by atoms with van der Waals surface area (Å²) in [5, 5.41) is 0. The maximum atomic E-state index is 13.6. The molecule has 9 heteroatoms. The molecule has 31 heavy (non-hydrogen) atoms. The number of carbonyl (C=O) groups excluding carboxylic acids is 2. The number of rotatable bonds is 4. The highest BCUT2D eigenvalue weighted by molar-refractivity contribution is 7.89. The van der Waals surface area contributed by atoms with Gasteiger partial charge in [0.1, 0.15) is 5.60 Å². The lowest BCUT2D eigenvalue weighted by atomic mass is 9.96. The third kappa shape index (κ3) is 5.03. The number of hydrogen-bond donors (Lipinski definition) is 1. The molecule has 0 saturated carbocycles. The molecule has 0 spiro atoms. The molecular weight excluding hydrogens is 418 g/mol. The SMILES string of the molecule is Cc1ccc(S(=O)(=O)N2CCCC[C@H]2[C@@H]2CCCN2C(=O)OC(C)(C)C)cc1C(N)=O. The first-order valence-corrected chi connectivity index (χ1v) is 12.3. The van der Waals surface area contributed by atoms with Gasteiger partial charge in [-0.25, -0.2) is 13.2 Å². The molecule has 1 aromatic rings. The van der Waals surface area contributed by atoms with Crippen LogP contribution in [0.5, 0.6) is 0 Å². The average Bonchev–Trinajstić information content (AvgIpc) is 3.16. The Balaban J connectivity index is 1.92. The summed E-state index contributed by atoms with van der Waals surface area (Å²) in [6.45, 7) is 8.12. The Bertz CT molecular complexity index is 954. The number of nitrogens with zero attached hydrogens (tertiary/aromatic N) is 2. The van der Waals surface area contributed by atoms with Crippen molar-refractivity contribution in [1.82, 2.24) is 9.21 Å². The minimum Gasteiger partial charge on any atom is -0.444 e. The summed E-state index contributed by atoms with van der Waals surface area (Å²) >= 11 is 0. The van der Waals surface area contributed by atoms with E-state index in [1.54, 1.807) is 17.9 Å². The number of likely N-dealkylation sites (tertiary alicyclic amines) is 1. The zero-order chi connectivity index (χ0) is 23.0. The Morgan fingerprint density at radius 2 is 1.74 bits per heavy atom. The van der Waals surface area contributed by atoms with Crippen LogP contribution in [0.4, 0.5) is 4.79 Å². The van der Waals surface area contributed by atoms with Gasteiger partial charge in [0.05, 0.1) is 10.9 Å². The topological polar surface area (TPSA) is 110 Å². The van der Waals surface area contributed by atoms with E-state index in [2.05, 4.69) is 0 Å². The highest BCUT2D eigenvalue weighted by atomic mass is 32.2. The normalized spacial score (nSPS) is 23.0. The fourth-order valence-corrected chi connectivity index (χ4v) is 6.27. The van der Waals surface area contributed by atoms with Gasteiger partial charge in [0.2, 0.25) is 15.9 Å². The molecule has 2 aliphatic heterocycles. The largest absolute Gasteiger partial charge is 0.444 e. The zero-order valence-electron chi connectivity index (χ0n) is 18.8. The predicted octanol–water partition coefficient (Wildman–Crippen LogP) is 3.04. The molecule has 0 unspecified atom stereocenters. The molecule has 8 nitrogen and oxygen atoms in total. The van der Waals surface area contributed by atoms with Gasteiger partial charge in [-0.15, -0.1) is 0 Å². The Kier molecular flexibility index (Phi) is 6.67. The summed E-state index contributed by atoms with van der Waals surface area (Å²) in [6.07, 6.45) is 3.47. The maximum Gasteiger partial charge on any atom is 0.410 e. The van der Waals surface area contributed by atoms with Crippen LogP contribution < -0.4 is 5.73 Å². The van der Waals surface area contributed by atoms with Gasteiger partial charge in [0, 0.05) is 24.7 Å². The van der Waals surface area contributed by atoms with Crippen LogP contribution in [0.15, 0.2) is 23.1 Å². The van der Waals surface area contributed by atoms with Crippen LogP contribution in [-0.2, 0) is 14.8 Å². The van der Waals surface area contributed by atoms with Crippen molar-refractivity contribution in [1.29, 1.82) is 0 Å². The quantitative estimate of drug-likeness (QED) is 0.757. The average molecular weight is 452 g/mol. The molecule has 2 saturated heterocycles. The van der Waals surface area contributed by atoms with Gasteiger partial charge in [-0.2, -0.15) is 4.31 Å². The summed E-state index contributed by atoms with van der Waals surface area (Å²) in [5.74, 6) is -0.656. The predicted molar refractivity (Wildman–Crippen MR) is 117 cm³/mol. The van der Waals surface area contributed by atoms with Crippen LogP contribution in [-0.4, -0.2) is 60.4 Å². The Hall–Kier alpha value is -2.13. The lowest BCUT2D eigenvalue weighted by molar-refractivity contribution is 0.0145. The lowest BCUT2D eigenvalue weighted by Gasteiger charge is -2.41. The fourth-order valence-electron chi connectivity index (χ4n) is 4.52. The molecule has 2 amide bonds. The van der Waals surface area contributed by atoms with Crippen LogP contribution >= 0.6 is 0 Å². The molecule has 0 aromatic heterocycles. The number of nitrogens with two attached hydrogens (primary N) is 1. The summed E-state index contributed by atoms with van der Waals surface area (Å²) in [4.78, 5) is 26.3. The number of benzene rings is 1. The van der Waals surface area contributed by atoms with Gasteiger partial charge in [0.25, 0.3) is 0 Å². The van der Waals surface area contributed by atoms with E-state index in [4.69, 9.17) is 10.5 Å². The summed E-state index contributed by atoms with van der Waals surface area (Å²) in [7, 11) is -3.86. The lowest BCUT2D eigenvalue weighted by Crippen LogP contribution is -2.55. The number of carbonyl (C=O) groups is 2. The standard InChI is InChI=1S/C22H33N3O5S/c1-15-10-11-16(14-17(15)20(23)26)31(28,29)25-13-6-5-8-19(25)18-9-7-12-24(18)21(27)30-22(2,3)4/h10-11,14,18-19H,5-9,12-13H2,1-4H3,(H2,23,26)/t18-,19-/m0/s1. The molecule has 1 aromatic carbocycles. The van der Waals surface area contributed by atoms with Crippen molar-refractivity contribution >= 4 is 22.0 Å². The Morgan fingerprint density at radius 3 is 2.39 bits per heavy atom. The van der Waals surface area contributed by atoms with Crippen molar-refractivity contribution in [3.8, 4) is 0 Å². The molecule has 2 atom stereocenters. The van der Waals surface area contributed by atoms with E-state index in [1.165, 1.54) is 16.4 Å². The molecule has 0 aliphatic carbocycles. The molecular formula is C22H33N3O5S. The van der Waals surface area contributed by atoms with E-state index in [9.17, 15) is 18.0 Å². The first-order valence-electron chi connectivity index (χ1n) is 10.8. The van der Waals surface area contributed by atoms with Crippen LogP contribution in [0, 0.1) is 6.92 Å². The highest BCUT2D eigenvalue weighted by Gasteiger charge is 2.44. The molecule has 3 rings (SSSR count). The molecule has 2 N–H and O–H groups in total. The van der Waals surface area contributed by atoms with Gasteiger partial charge in [-0.1, -0.05) is 12.5 Å². The van der Waals surface area contributed by atoms with Gasteiger partial charge in [0.15, 0.2) is 0 Å². The minimum absolute atomic E-state index is 0.0561. The van der Waals surface area contributed by atoms with E-state index < -0.39 is 27.6 Å². The van der Waals surface area contributed by atoms with Crippen LogP contribution in [0.3, 0.4) is 0 Å². The minimum atomic E-state index is -3.86. The number of piperidine rings is 1. The molecule has 172 valence electrons. The smallest absolute Gasteiger partial charge is 0.410 e. The van der Waals surface area contributed by atoms with E-state index in [1.807, 2.05) is 20.8 Å². The van der Waals surface area contributed by atoms with E-state index in [0.717, 1.165) is 25.7 Å². The third-order valence-corrected chi connectivity index (χ3v) is 7.87. The van der Waals surface area contributed by atoms with Gasteiger partial charge in [-0.3, -0.25) is 4.79 Å².